The molecule has 1 N–H and O–H groups in total. The Morgan fingerprint density at radius 1 is 0.974 bits per heavy atom. The quantitative estimate of drug-likeness (QED) is 0.303. The highest BCUT2D eigenvalue weighted by Crippen LogP contribution is 2.44. The number of carbonyl (C=O) groups is 1. The Balaban J connectivity index is 1.43. The van der Waals surface area contributed by atoms with E-state index in [2.05, 4.69) is 32.0 Å². The van der Waals surface area contributed by atoms with Crippen molar-refractivity contribution in [2.75, 3.05) is 50.1 Å². The Hall–Kier alpha value is -3.39. The Bertz CT molecular complexity index is 1490. The zero-order chi connectivity index (χ0) is 26.8. The highest BCUT2D eigenvalue weighted by molar-refractivity contribution is 6.41. The minimum absolute atomic E-state index is 0.273. The summed E-state index contributed by atoms with van der Waals surface area (Å²) in [4.78, 5) is 27.2. The summed E-state index contributed by atoms with van der Waals surface area (Å²) in [5.74, 6) is 0.239. The molecule has 38 heavy (non-hydrogen) atoms. The molecular weight excluding hydrogens is 521 g/mol. The molecule has 3 aromatic carbocycles. The number of aromatic nitrogens is 2. The summed E-state index contributed by atoms with van der Waals surface area (Å²) < 4.78 is 5.44. The third-order valence-corrected chi connectivity index (χ3v) is 7.88. The molecule has 196 valence electrons. The Labute approximate surface area is 232 Å². The molecule has 1 amide bonds. The average Bonchev–Trinajstić information content (AvgIpc) is 2.95. The third-order valence-electron chi connectivity index (χ3n) is 7.02. The van der Waals surface area contributed by atoms with E-state index >= 15 is 0 Å². The fourth-order valence-electron chi connectivity index (χ4n) is 4.84. The van der Waals surface area contributed by atoms with E-state index < -0.39 is 0 Å². The standard InChI is InChI=1S/C29H29Cl2N5O2/c1-4-35-13-15-36(16-14-35)20-7-5-19(6-8-20)34-29(37)22-10-9-21(27-28(22)33-12-11-32-27)24-25(30)18(2)17-23(38-3)26(24)31/h5-12,17H,4,13-16H2,1-3H3,(H,34,37). The van der Waals surface area contributed by atoms with Crippen molar-refractivity contribution in [3.63, 3.8) is 0 Å². The largest absolute Gasteiger partial charge is 0.495 e. The van der Waals surface area contributed by atoms with Crippen molar-refractivity contribution in [2.24, 2.45) is 0 Å². The average molecular weight is 550 g/mol. The Morgan fingerprint density at radius 2 is 1.66 bits per heavy atom. The SMILES string of the molecule is CCN1CCN(c2ccc(NC(=O)c3ccc(-c4c(Cl)c(C)cc(OC)c4Cl)c4nccnc34)cc2)CC1. The summed E-state index contributed by atoms with van der Waals surface area (Å²) >= 11 is 13.4. The van der Waals surface area contributed by atoms with Gasteiger partial charge in [-0.25, -0.2) is 0 Å². The van der Waals surface area contributed by atoms with Gasteiger partial charge in [-0.15, -0.1) is 0 Å². The molecule has 1 aliphatic rings. The number of hydrogen-bond acceptors (Lipinski definition) is 6. The molecule has 0 atom stereocenters. The zero-order valence-corrected chi connectivity index (χ0v) is 23.1. The number of aryl methyl sites for hydroxylation is 1. The molecule has 7 nitrogen and oxygen atoms in total. The van der Waals surface area contributed by atoms with Gasteiger partial charge in [0.1, 0.15) is 11.3 Å². The van der Waals surface area contributed by atoms with E-state index in [9.17, 15) is 4.79 Å². The number of likely N-dealkylation sites (N-methyl/N-ethyl adjacent to an activating group) is 1. The number of carbonyl (C=O) groups excluding carboxylic acids is 1. The second kappa shape index (κ2) is 11.2. The zero-order valence-electron chi connectivity index (χ0n) is 21.6. The fraction of sp³-hybridized carbons (Fsp3) is 0.276. The lowest BCUT2D eigenvalue weighted by atomic mass is 9.98. The van der Waals surface area contributed by atoms with Crippen molar-refractivity contribution < 1.29 is 9.53 Å². The number of benzene rings is 3. The van der Waals surface area contributed by atoms with Crippen molar-refractivity contribution in [3.05, 3.63) is 76.0 Å². The highest BCUT2D eigenvalue weighted by Gasteiger charge is 2.22. The van der Waals surface area contributed by atoms with E-state index in [0.717, 1.165) is 44.0 Å². The Morgan fingerprint density at radius 3 is 2.32 bits per heavy atom. The lowest BCUT2D eigenvalue weighted by molar-refractivity contribution is 0.102. The molecule has 9 heteroatoms. The van der Waals surface area contributed by atoms with Crippen molar-refractivity contribution in [3.8, 4) is 16.9 Å². The van der Waals surface area contributed by atoms with E-state index in [1.807, 2.05) is 31.2 Å². The monoisotopic (exact) mass is 549 g/mol. The Kier molecular flexibility index (Phi) is 7.70. The predicted octanol–water partition coefficient (Wildman–Crippen LogP) is 6.31. The lowest BCUT2D eigenvalue weighted by Gasteiger charge is -2.35. The van der Waals surface area contributed by atoms with E-state index in [-0.39, 0.29) is 5.91 Å². The van der Waals surface area contributed by atoms with Crippen LogP contribution in [0.25, 0.3) is 22.2 Å². The second-order valence-corrected chi connectivity index (χ2v) is 9.99. The number of hydrogen-bond donors (Lipinski definition) is 1. The van der Waals surface area contributed by atoms with Gasteiger partial charge in [-0.05, 0) is 55.4 Å². The van der Waals surface area contributed by atoms with Gasteiger partial charge in [-0.2, -0.15) is 0 Å². The van der Waals surface area contributed by atoms with Crippen LogP contribution in [-0.4, -0.2) is 60.6 Å². The smallest absolute Gasteiger partial charge is 0.257 e. The molecule has 1 fully saturated rings. The summed E-state index contributed by atoms with van der Waals surface area (Å²) in [6.45, 7) is 9.28. The first-order chi connectivity index (χ1) is 18.4. The number of anilines is 2. The molecule has 0 radical (unpaired) electrons. The first-order valence-corrected chi connectivity index (χ1v) is 13.3. The van der Waals surface area contributed by atoms with Gasteiger partial charge in [0.2, 0.25) is 0 Å². The number of fused-ring (bicyclic) bond motifs is 1. The van der Waals surface area contributed by atoms with Gasteiger partial charge in [0.15, 0.2) is 0 Å². The van der Waals surface area contributed by atoms with E-state index in [1.165, 1.54) is 0 Å². The number of piperazine rings is 1. The van der Waals surface area contributed by atoms with Crippen LogP contribution in [0.15, 0.2) is 54.9 Å². The molecule has 0 saturated carbocycles. The van der Waals surface area contributed by atoms with Crippen LogP contribution in [0, 0.1) is 6.92 Å². The number of rotatable bonds is 6. The lowest BCUT2D eigenvalue weighted by Crippen LogP contribution is -2.46. The van der Waals surface area contributed by atoms with Gasteiger partial charge in [-0.1, -0.05) is 36.2 Å². The highest BCUT2D eigenvalue weighted by atomic mass is 35.5. The first kappa shape index (κ1) is 26.2. The number of methoxy groups -OCH3 is 1. The maximum Gasteiger partial charge on any atom is 0.257 e. The molecule has 0 aliphatic carbocycles. The molecule has 1 aromatic heterocycles. The molecule has 0 bridgehead atoms. The molecule has 5 rings (SSSR count). The maximum atomic E-state index is 13.4. The number of halogens is 2. The molecule has 0 unspecified atom stereocenters. The van der Waals surface area contributed by atoms with Gasteiger partial charge >= 0.3 is 0 Å². The summed E-state index contributed by atoms with van der Waals surface area (Å²) in [5.41, 5.74) is 5.34. The maximum absolute atomic E-state index is 13.4. The summed E-state index contributed by atoms with van der Waals surface area (Å²) in [6, 6.07) is 13.3. The molecular formula is C29H29Cl2N5O2. The van der Waals surface area contributed by atoms with Crippen LogP contribution in [0.2, 0.25) is 10.0 Å². The normalized spacial score (nSPS) is 14.1. The topological polar surface area (TPSA) is 70.6 Å². The van der Waals surface area contributed by atoms with Crippen molar-refractivity contribution in [1.82, 2.24) is 14.9 Å². The third kappa shape index (κ3) is 5.01. The fourth-order valence-corrected chi connectivity index (χ4v) is 5.47. The van der Waals surface area contributed by atoms with E-state index in [4.69, 9.17) is 27.9 Å². The van der Waals surface area contributed by atoms with Crippen LogP contribution in [0.4, 0.5) is 11.4 Å². The van der Waals surface area contributed by atoms with Gasteiger partial charge in [0, 0.05) is 61.1 Å². The van der Waals surface area contributed by atoms with E-state index in [1.54, 1.807) is 37.7 Å². The van der Waals surface area contributed by atoms with Gasteiger partial charge < -0.3 is 19.9 Å². The summed E-state index contributed by atoms with van der Waals surface area (Å²) in [7, 11) is 1.56. The number of ether oxygens (including phenoxy) is 1. The molecule has 0 spiro atoms. The van der Waals surface area contributed by atoms with Gasteiger partial charge in [0.25, 0.3) is 5.91 Å². The van der Waals surface area contributed by atoms with Gasteiger partial charge in [-0.3, -0.25) is 14.8 Å². The van der Waals surface area contributed by atoms with Crippen LogP contribution in [0.3, 0.4) is 0 Å². The summed E-state index contributed by atoms with van der Waals surface area (Å²) in [6.07, 6.45) is 3.15. The van der Waals surface area contributed by atoms with Crippen molar-refractivity contribution >= 4 is 51.5 Å². The van der Waals surface area contributed by atoms with Crippen molar-refractivity contribution in [1.29, 1.82) is 0 Å². The molecule has 2 heterocycles. The minimum Gasteiger partial charge on any atom is -0.495 e. The van der Waals surface area contributed by atoms with Crippen LogP contribution < -0.4 is 15.0 Å². The molecule has 1 aliphatic heterocycles. The van der Waals surface area contributed by atoms with Crippen LogP contribution in [0.1, 0.15) is 22.8 Å². The van der Waals surface area contributed by atoms with Crippen LogP contribution >= 0.6 is 23.2 Å². The van der Waals surface area contributed by atoms with Crippen molar-refractivity contribution in [2.45, 2.75) is 13.8 Å². The van der Waals surface area contributed by atoms with Crippen LogP contribution in [0.5, 0.6) is 5.75 Å². The summed E-state index contributed by atoms with van der Waals surface area (Å²) in [5, 5.41) is 3.88. The van der Waals surface area contributed by atoms with E-state index in [0.29, 0.717) is 49.2 Å². The number of amides is 1. The second-order valence-electron chi connectivity index (χ2n) is 9.24. The minimum atomic E-state index is -0.273. The van der Waals surface area contributed by atoms with Crippen LogP contribution in [-0.2, 0) is 0 Å². The first-order valence-electron chi connectivity index (χ1n) is 12.6. The molecule has 1 saturated heterocycles. The van der Waals surface area contributed by atoms with Gasteiger partial charge in [0.05, 0.1) is 28.2 Å². The number of nitrogens with one attached hydrogen (secondary N) is 1. The predicted molar refractivity (Wildman–Crippen MR) is 155 cm³/mol. The number of nitrogens with zero attached hydrogens (tertiary/aromatic N) is 4. The molecule has 4 aromatic rings.